The molecule has 0 N–H and O–H groups in total. The predicted octanol–water partition coefficient (Wildman–Crippen LogP) is 4.50. The van der Waals surface area contributed by atoms with Crippen LogP contribution in [0.15, 0.2) is 35.1 Å². The maximum Gasteiger partial charge on any atom is 0.417 e. The van der Waals surface area contributed by atoms with Crippen LogP contribution in [0.2, 0.25) is 0 Å². The van der Waals surface area contributed by atoms with Crippen molar-refractivity contribution in [3.63, 3.8) is 0 Å². The van der Waals surface area contributed by atoms with E-state index in [4.69, 9.17) is 9.47 Å². The summed E-state index contributed by atoms with van der Waals surface area (Å²) in [6, 6.07) is 3.71. The number of carbonyl (C=O) groups excluding carboxylic acids is 1. The molecule has 0 bridgehead atoms. The van der Waals surface area contributed by atoms with Crippen molar-refractivity contribution in [2.45, 2.75) is 32.0 Å². The zero-order valence-electron chi connectivity index (χ0n) is 14.3. The quantitative estimate of drug-likeness (QED) is 0.613. The molecule has 1 aliphatic rings. The number of aromatic nitrogens is 2. The summed E-state index contributed by atoms with van der Waals surface area (Å²) < 4.78 is 48.7. The summed E-state index contributed by atoms with van der Waals surface area (Å²) in [4.78, 5) is 20.1. The van der Waals surface area contributed by atoms with Gasteiger partial charge >= 0.3 is 12.1 Å². The molecule has 0 spiro atoms. The molecule has 1 aromatic carbocycles. The van der Waals surface area contributed by atoms with Crippen LogP contribution in [0.5, 0.6) is 5.88 Å². The van der Waals surface area contributed by atoms with Crippen LogP contribution in [0.4, 0.5) is 13.2 Å². The third-order valence-electron chi connectivity index (χ3n) is 4.13. The first kappa shape index (κ1) is 19.6. The van der Waals surface area contributed by atoms with Gasteiger partial charge in [0, 0.05) is 10.4 Å². The predicted molar refractivity (Wildman–Crippen MR) is 93.0 cm³/mol. The second kappa shape index (κ2) is 7.84. The number of nitrogens with zero attached hydrogens (tertiary/aromatic N) is 2. The highest BCUT2D eigenvalue weighted by Gasteiger charge is 2.46. The molecule has 0 amide bonds. The maximum absolute atomic E-state index is 12.8. The van der Waals surface area contributed by atoms with E-state index in [1.54, 1.807) is 13.1 Å². The van der Waals surface area contributed by atoms with Gasteiger partial charge in [-0.15, -0.1) is 0 Å². The Labute approximate surface area is 162 Å². The first-order valence-corrected chi connectivity index (χ1v) is 9.06. The fourth-order valence-electron chi connectivity index (χ4n) is 2.66. The number of halogens is 4. The summed E-state index contributed by atoms with van der Waals surface area (Å²) in [5, 5.41) is 0. The molecule has 1 heterocycles. The van der Waals surface area contributed by atoms with E-state index in [1.165, 1.54) is 18.3 Å². The molecular weight excluding hydrogens is 429 g/mol. The number of benzene rings is 1. The molecule has 1 aliphatic carbocycles. The summed E-state index contributed by atoms with van der Waals surface area (Å²) in [6.07, 6.45) is -0.742. The van der Waals surface area contributed by atoms with Gasteiger partial charge in [-0.25, -0.2) is 4.98 Å². The summed E-state index contributed by atoms with van der Waals surface area (Å²) in [6.45, 7) is 2.16. The molecule has 1 saturated carbocycles. The van der Waals surface area contributed by atoms with Crippen molar-refractivity contribution < 1.29 is 27.4 Å². The van der Waals surface area contributed by atoms with Crippen molar-refractivity contribution in [1.82, 2.24) is 9.97 Å². The van der Waals surface area contributed by atoms with Gasteiger partial charge in [0.25, 0.3) is 0 Å². The maximum atomic E-state index is 12.8. The number of hydrogen-bond acceptors (Lipinski definition) is 5. The molecule has 3 rings (SSSR count). The van der Waals surface area contributed by atoms with E-state index < -0.39 is 11.7 Å². The minimum absolute atomic E-state index is 0.0106. The van der Waals surface area contributed by atoms with Crippen molar-refractivity contribution in [2.24, 2.45) is 5.92 Å². The van der Waals surface area contributed by atoms with Gasteiger partial charge in [0.2, 0.25) is 5.88 Å². The fraction of sp³-hybridized carbons (Fsp3) is 0.389. The molecule has 9 heteroatoms. The van der Waals surface area contributed by atoms with Crippen LogP contribution in [0.3, 0.4) is 0 Å². The summed E-state index contributed by atoms with van der Waals surface area (Å²) in [5.74, 6) is -0.132. The molecular formula is C18H16BrF3N2O3. The number of esters is 1. The molecule has 0 aliphatic heterocycles. The highest BCUT2D eigenvalue weighted by atomic mass is 79.9. The Bertz CT molecular complexity index is 828. The van der Waals surface area contributed by atoms with Crippen molar-refractivity contribution >= 4 is 21.9 Å². The largest absolute Gasteiger partial charge is 0.472 e. The van der Waals surface area contributed by atoms with Gasteiger partial charge < -0.3 is 9.47 Å². The highest BCUT2D eigenvalue weighted by molar-refractivity contribution is 9.10. The average molecular weight is 445 g/mol. The van der Waals surface area contributed by atoms with Crippen LogP contribution >= 0.6 is 15.9 Å². The van der Waals surface area contributed by atoms with E-state index in [9.17, 15) is 18.0 Å². The van der Waals surface area contributed by atoms with Crippen molar-refractivity contribution in [3.05, 3.63) is 51.9 Å². The molecule has 144 valence electrons. The average Bonchev–Trinajstić information content (AvgIpc) is 3.40. The Kier molecular flexibility index (Phi) is 5.69. The lowest BCUT2D eigenvalue weighted by Gasteiger charge is -2.11. The molecule has 2 atom stereocenters. The van der Waals surface area contributed by atoms with Gasteiger partial charge in [0.15, 0.2) is 0 Å². The Hall–Kier alpha value is -2.16. The van der Waals surface area contributed by atoms with Gasteiger partial charge in [-0.1, -0.05) is 22.0 Å². The standard InChI is InChI=1S/C18H16BrF3N2O3/c1-2-26-17(25)12-6-11(12)15-7-24-16(8-23-15)27-9-10-3-4-13(14(19)5-10)18(20,21)22/h3-5,7-8,11-12H,2,6,9H2,1H3/t11-,12-/m1/s1. The smallest absolute Gasteiger partial charge is 0.417 e. The Morgan fingerprint density at radius 3 is 2.67 bits per heavy atom. The van der Waals surface area contributed by atoms with Crippen LogP contribution in [0.25, 0.3) is 0 Å². The number of hydrogen-bond donors (Lipinski definition) is 0. The molecule has 1 aromatic heterocycles. The molecule has 0 unspecified atom stereocenters. The van der Waals surface area contributed by atoms with Crippen molar-refractivity contribution in [1.29, 1.82) is 0 Å². The van der Waals surface area contributed by atoms with E-state index in [0.29, 0.717) is 24.3 Å². The number of ether oxygens (including phenoxy) is 2. The lowest BCUT2D eigenvalue weighted by molar-refractivity contribution is -0.144. The second-order valence-corrected chi connectivity index (χ2v) is 6.94. The Morgan fingerprint density at radius 1 is 1.30 bits per heavy atom. The van der Waals surface area contributed by atoms with Crippen LogP contribution in [0, 0.1) is 5.92 Å². The molecule has 27 heavy (non-hydrogen) atoms. The Morgan fingerprint density at radius 2 is 2.07 bits per heavy atom. The molecule has 0 radical (unpaired) electrons. The summed E-state index contributed by atoms with van der Waals surface area (Å²) in [5.41, 5.74) is 0.513. The minimum Gasteiger partial charge on any atom is -0.472 e. The number of carbonyl (C=O) groups is 1. The third-order valence-corrected chi connectivity index (χ3v) is 4.79. The van der Waals surface area contributed by atoms with Crippen LogP contribution in [0.1, 0.15) is 36.1 Å². The summed E-state index contributed by atoms with van der Waals surface area (Å²) >= 11 is 2.93. The first-order chi connectivity index (χ1) is 12.8. The Balaban J connectivity index is 1.57. The monoisotopic (exact) mass is 444 g/mol. The lowest BCUT2D eigenvalue weighted by Crippen LogP contribution is -2.08. The van der Waals surface area contributed by atoms with E-state index >= 15 is 0 Å². The van der Waals surface area contributed by atoms with Gasteiger partial charge in [-0.3, -0.25) is 9.78 Å². The fourth-order valence-corrected chi connectivity index (χ4v) is 3.31. The van der Waals surface area contributed by atoms with Gasteiger partial charge in [0.05, 0.1) is 36.2 Å². The first-order valence-electron chi connectivity index (χ1n) is 8.26. The molecule has 5 nitrogen and oxygen atoms in total. The lowest BCUT2D eigenvalue weighted by atomic mass is 10.1. The molecule has 1 fully saturated rings. The van der Waals surface area contributed by atoms with Crippen LogP contribution in [-0.2, 0) is 22.3 Å². The van der Waals surface area contributed by atoms with E-state index in [-0.39, 0.29) is 34.8 Å². The van der Waals surface area contributed by atoms with Crippen LogP contribution in [-0.4, -0.2) is 22.5 Å². The number of alkyl halides is 3. The minimum atomic E-state index is -4.41. The van der Waals surface area contributed by atoms with Gasteiger partial charge in [0.1, 0.15) is 6.61 Å². The molecule has 0 saturated heterocycles. The zero-order valence-corrected chi connectivity index (χ0v) is 15.9. The normalized spacial score (nSPS) is 18.9. The summed E-state index contributed by atoms with van der Waals surface area (Å²) in [7, 11) is 0. The SMILES string of the molecule is CCOC(=O)[C@@H]1C[C@H]1c1cnc(OCc2ccc(C(F)(F)F)c(Br)c2)cn1. The van der Waals surface area contributed by atoms with Crippen molar-refractivity contribution in [2.75, 3.05) is 6.61 Å². The van der Waals surface area contributed by atoms with E-state index in [2.05, 4.69) is 25.9 Å². The van der Waals surface area contributed by atoms with Crippen molar-refractivity contribution in [3.8, 4) is 5.88 Å². The highest BCUT2D eigenvalue weighted by Crippen LogP contribution is 2.47. The topological polar surface area (TPSA) is 61.3 Å². The third kappa shape index (κ3) is 4.77. The van der Waals surface area contributed by atoms with Gasteiger partial charge in [-0.2, -0.15) is 13.2 Å². The van der Waals surface area contributed by atoms with Crippen LogP contribution < -0.4 is 4.74 Å². The van der Waals surface area contributed by atoms with Gasteiger partial charge in [-0.05, 0) is 31.0 Å². The zero-order chi connectivity index (χ0) is 19.6. The number of rotatable bonds is 6. The van der Waals surface area contributed by atoms with E-state index in [1.807, 2.05) is 0 Å². The molecule has 2 aromatic rings. The van der Waals surface area contributed by atoms with E-state index in [0.717, 1.165) is 6.07 Å². The second-order valence-electron chi connectivity index (χ2n) is 6.08.